The van der Waals surface area contributed by atoms with Gasteiger partial charge < -0.3 is 4.40 Å². The Morgan fingerprint density at radius 2 is 1.69 bits per heavy atom. The molecular weight excluding hydrogens is 515 g/mol. The first-order chi connectivity index (χ1) is 17.4. The predicted octanol–water partition coefficient (Wildman–Crippen LogP) is 6.59. The maximum Gasteiger partial charge on any atom is 0.292 e. The molecule has 7 nitrogen and oxygen atoms in total. The number of nitro benzene ring substituents is 1. The minimum Gasteiger partial charge on any atom is -0.314 e. The van der Waals surface area contributed by atoms with Crippen molar-refractivity contribution in [3.8, 4) is 0 Å². The first-order valence-electron chi connectivity index (χ1n) is 10.8. The molecule has 180 valence electrons. The molecular formula is C26H19N3O4S3. The normalized spacial score (nSPS) is 12.2. The maximum atomic E-state index is 13.2. The molecule has 0 N–H and O–H groups in total. The van der Waals surface area contributed by atoms with E-state index in [9.17, 15) is 18.5 Å². The average Bonchev–Trinajstić information content (AvgIpc) is 3.52. The van der Waals surface area contributed by atoms with Gasteiger partial charge in [0.1, 0.15) is 9.92 Å². The zero-order valence-corrected chi connectivity index (χ0v) is 21.4. The van der Waals surface area contributed by atoms with E-state index in [0.717, 1.165) is 27.3 Å². The number of aromatic nitrogens is 1. The highest BCUT2D eigenvalue weighted by Crippen LogP contribution is 2.41. The number of fused-ring (bicyclic) bond motifs is 1. The van der Waals surface area contributed by atoms with Gasteiger partial charge in [-0.3, -0.25) is 10.1 Å². The maximum absolute atomic E-state index is 13.2. The number of pyridine rings is 1. The number of nitrogens with zero attached hydrogens (tertiary/aromatic N) is 3. The highest BCUT2D eigenvalue weighted by molar-refractivity contribution is 7.99. The third-order valence-corrected chi connectivity index (χ3v) is 9.47. The first-order valence-corrected chi connectivity index (χ1v) is 14.0. The van der Waals surface area contributed by atoms with Crippen LogP contribution in [0.5, 0.6) is 0 Å². The van der Waals surface area contributed by atoms with Crippen LogP contribution in [-0.4, -0.2) is 23.5 Å². The van der Waals surface area contributed by atoms with Crippen molar-refractivity contribution in [3.63, 3.8) is 0 Å². The number of rotatable bonds is 7. The molecule has 0 saturated carbocycles. The second kappa shape index (κ2) is 9.73. The third kappa shape index (κ3) is 4.46. The van der Waals surface area contributed by atoms with Crippen molar-refractivity contribution in [1.82, 2.24) is 4.40 Å². The molecule has 0 aliphatic rings. The van der Waals surface area contributed by atoms with Crippen LogP contribution in [0.2, 0.25) is 0 Å². The van der Waals surface area contributed by atoms with Gasteiger partial charge in [0.05, 0.1) is 21.0 Å². The monoisotopic (exact) mass is 533 g/mol. The summed E-state index contributed by atoms with van der Waals surface area (Å²) in [7, 11) is -3.97. The second-order valence-corrected chi connectivity index (χ2v) is 11.6. The van der Waals surface area contributed by atoms with E-state index in [-0.39, 0.29) is 9.90 Å². The van der Waals surface area contributed by atoms with Crippen LogP contribution in [-0.2, 0) is 10.0 Å². The van der Waals surface area contributed by atoms with Crippen LogP contribution >= 0.6 is 23.1 Å². The fourth-order valence-corrected chi connectivity index (χ4v) is 7.05. The van der Waals surface area contributed by atoms with E-state index in [1.54, 1.807) is 29.6 Å². The van der Waals surface area contributed by atoms with Gasteiger partial charge in [0.25, 0.3) is 15.7 Å². The fourth-order valence-electron chi connectivity index (χ4n) is 3.93. The molecule has 3 heterocycles. The Hall–Kier alpha value is -3.73. The summed E-state index contributed by atoms with van der Waals surface area (Å²) in [5.74, 6) is 0. The zero-order chi connectivity index (χ0) is 25.3. The van der Waals surface area contributed by atoms with Crippen LogP contribution in [0.1, 0.15) is 16.8 Å². The zero-order valence-electron chi connectivity index (χ0n) is 18.9. The summed E-state index contributed by atoms with van der Waals surface area (Å²) >= 11 is 2.39. The number of sulfonamides is 1. The molecule has 10 heteroatoms. The predicted molar refractivity (Wildman–Crippen MR) is 143 cm³/mol. The van der Waals surface area contributed by atoms with E-state index in [4.69, 9.17) is 0 Å². The summed E-state index contributed by atoms with van der Waals surface area (Å²) < 4.78 is 32.9. The lowest BCUT2D eigenvalue weighted by atomic mass is 10.1. The summed E-state index contributed by atoms with van der Waals surface area (Å²) in [6, 6.07) is 24.6. The summed E-state index contributed by atoms with van der Waals surface area (Å²) in [5.41, 5.74) is 3.14. The Bertz CT molecular complexity index is 1710. The standard InChI is InChI=1S/C26H19N3O4S3/c1-18-25(24(19-10-3-2-4-11-19)27-36(32,33)23-15-9-17-34-23)28-16-8-7-13-21(28)26(18)35-22-14-6-5-12-20(22)29(30)31/h2-17H,1H3/b27-24-. The van der Waals surface area contributed by atoms with Gasteiger partial charge in [-0.25, -0.2) is 0 Å². The second-order valence-electron chi connectivity index (χ2n) is 7.80. The van der Waals surface area contributed by atoms with Crippen molar-refractivity contribution in [3.05, 3.63) is 123 Å². The van der Waals surface area contributed by atoms with Crippen LogP contribution in [0, 0.1) is 17.0 Å². The first kappa shape index (κ1) is 24.0. The number of thiophene rings is 1. The molecule has 5 aromatic rings. The van der Waals surface area contributed by atoms with Gasteiger partial charge in [0, 0.05) is 22.7 Å². The Morgan fingerprint density at radius 3 is 2.42 bits per heavy atom. The van der Waals surface area contributed by atoms with Crippen molar-refractivity contribution in [1.29, 1.82) is 0 Å². The highest BCUT2D eigenvalue weighted by Gasteiger charge is 2.25. The lowest BCUT2D eigenvalue weighted by Crippen LogP contribution is -2.11. The number of nitro groups is 1. The van der Waals surface area contributed by atoms with Crippen molar-refractivity contribution >= 4 is 50.0 Å². The minimum atomic E-state index is -3.97. The summed E-state index contributed by atoms with van der Waals surface area (Å²) in [6.07, 6.45) is 1.84. The Balaban J connectivity index is 1.77. The summed E-state index contributed by atoms with van der Waals surface area (Å²) in [5, 5.41) is 13.3. The molecule has 0 atom stereocenters. The quantitative estimate of drug-likeness (QED) is 0.134. The van der Waals surface area contributed by atoms with E-state index in [0.29, 0.717) is 21.9 Å². The summed E-state index contributed by atoms with van der Waals surface area (Å²) in [4.78, 5) is 12.5. The van der Waals surface area contributed by atoms with Gasteiger partial charge in [0.2, 0.25) is 0 Å². The van der Waals surface area contributed by atoms with E-state index < -0.39 is 14.9 Å². The van der Waals surface area contributed by atoms with Gasteiger partial charge in [-0.2, -0.15) is 12.8 Å². The van der Waals surface area contributed by atoms with Crippen LogP contribution in [0.25, 0.3) is 5.52 Å². The minimum absolute atomic E-state index is 0.0101. The molecule has 2 aromatic carbocycles. The van der Waals surface area contributed by atoms with Crippen molar-refractivity contribution in [2.24, 2.45) is 4.40 Å². The lowest BCUT2D eigenvalue weighted by Gasteiger charge is -2.10. The molecule has 0 bridgehead atoms. The number of hydrogen-bond acceptors (Lipinski definition) is 6. The lowest BCUT2D eigenvalue weighted by molar-refractivity contribution is -0.387. The van der Waals surface area contributed by atoms with Crippen LogP contribution < -0.4 is 0 Å². The van der Waals surface area contributed by atoms with Crippen molar-refractivity contribution < 1.29 is 13.3 Å². The molecule has 0 fully saturated rings. The smallest absolute Gasteiger partial charge is 0.292 e. The van der Waals surface area contributed by atoms with E-state index >= 15 is 0 Å². The van der Waals surface area contributed by atoms with Crippen molar-refractivity contribution in [2.75, 3.05) is 0 Å². The SMILES string of the molecule is Cc1c(Sc2ccccc2[N+](=O)[O-])c2ccccn2c1/C(=N\S(=O)(=O)c1cccs1)c1ccccc1. The fraction of sp³-hybridized carbons (Fsp3) is 0.0385. The van der Waals surface area contributed by atoms with E-state index in [1.165, 1.54) is 23.9 Å². The van der Waals surface area contributed by atoms with Crippen LogP contribution in [0.3, 0.4) is 0 Å². The van der Waals surface area contributed by atoms with Gasteiger partial charge in [-0.1, -0.05) is 66.4 Å². The number of hydrogen-bond donors (Lipinski definition) is 0. The largest absolute Gasteiger partial charge is 0.314 e. The van der Waals surface area contributed by atoms with Gasteiger partial charge in [0.15, 0.2) is 0 Å². The molecule has 0 aliphatic carbocycles. The van der Waals surface area contributed by atoms with Gasteiger partial charge in [-0.15, -0.1) is 11.3 Å². The van der Waals surface area contributed by atoms with E-state index in [2.05, 4.69) is 4.40 Å². The highest BCUT2D eigenvalue weighted by atomic mass is 32.2. The third-order valence-electron chi connectivity index (χ3n) is 5.54. The van der Waals surface area contributed by atoms with E-state index in [1.807, 2.05) is 66.1 Å². The number of benzene rings is 2. The molecule has 5 rings (SSSR count). The Kier molecular flexibility index (Phi) is 6.48. The average molecular weight is 534 g/mol. The molecule has 0 amide bonds. The molecule has 36 heavy (non-hydrogen) atoms. The van der Waals surface area contributed by atoms with Crippen LogP contribution in [0.4, 0.5) is 5.69 Å². The topological polar surface area (TPSA) is 94.0 Å². The summed E-state index contributed by atoms with van der Waals surface area (Å²) in [6.45, 7) is 1.88. The Labute approximate surface area is 216 Å². The van der Waals surface area contributed by atoms with Gasteiger partial charge in [-0.05, 0) is 42.1 Å². The van der Waals surface area contributed by atoms with Gasteiger partial charge >= 0.3 is 0 Å². The van der Waals surface area contributed by atoms with Crippen molar-refractivity contribution in [2.45, 2.75) is 20.9 Å². The molecule has 0 saturated heterocycles. The Morgan fingerprint density at radius 1 is 0.972 bits per heavy atom. The number of para-hydroxylation sites is 1. The molecule has 3 aromatic heterocycles. The molecule has 0 unspecified atom stereocenters. The molecule has 0 spiro atoms. The molecule has 0 radical (unpaired) electrons. The molecule has 0 aliphatic heterocycles. The van der Waals surface area contributed by atoms with Crippen LogP contribution in [0.15, 0.2) is 115 Å².